The summed E-state index contributed by atoms with van der Waals surface area (Å²) in [6.07, 6.45) is 0. The van der Waals surface area contributed by atoms with E-state index in [9.17, 15) is 0 Å². The van der Waals surface area contributed by atoms with E-state index in [1.807, 2.05) is 66.7 Å². The summed E-state index contributed by atoms with van der Waals surface area (Å²) in [6.45, 7) is 0. The van der Waals surface area contributed by atoms with Crippen LogP contribution >= 0.6 is 0 Å². The highest BCUT2D eigenvalue weighted by Gasteiger charge is 2.26. The largest absolute Gasteiger partial charge is 0.456 e. The second kappa shape index (κ2) is 28.0. The van der Waals surface area contributed by atoms with Crippen molar-refractivity contribution in [2.24, 2.45) is 0 Å². The molecule has 130 heavy (non-hydrogen) atoms. The predicted molar refractivity (Wildman–Crippen MR) is 537 cm³/mol. The Morgan fingerprint density at radius 2 is 0.446 bits per heavy atom. The molecule has 0 bridgehead atoms. The summed E-state index contributed by atoms with van der Waals surface area (Å²) < 4.78 is 47.8. The predicted octanol–water partition coefficient (Wildman–Crippen LogP) is 33.8. The van der Waals surface area contributed by atoms with Crippen LogP contribution in [0.15, 0.2) is 451 Å². The van der Waals surface area contributed by atoms with Gasteiger partial charge < -0.3 is 44.8 Å². The van der Waals surface area contributed by atoms with Gasteiger partial charge in [0.05, 0.1) is 55.2 Å². The fourth-order valence-corrected chi connectivity index (χ4v) is 21.1. The zero-order valence-electron chi connectivity index (χ0n) is 69.7. The lowest BCUT2D eigenvalue weighted by molar-refractivity contribution is 0.665. The Morgan fingerprint density at radius 3 is 0.931 bits per heavy atom. The molecular formula is C120H70N4O6. The molecule has 0 saturated carbocycles. The summed E-state index contributed by atoms with van der Waals surface area (Å²) in [5.74, 6) is 0. The lowest BCUT2D eigenvalue weighted by Gasteiger charge is -2.10. The molecule has 0 saturated heterocycles. The van der Waals surface area contributed by atoms with Gasteiger partial charge in [-0.05, 0) is 168 Å². The second-order valence-corrected chi connectivity index (χ2v) is 34.0. The van der Waals surface area contributed by atoms with Crippen LogP contribution in [0.3, 0.4) is 0 Å². The first kappa shape index (κ1) is 71.8. The highest BCUT2D eigenvalue weighted by molar-refractivity contribution is 6.26. The quantitative estimate of drug-likeness (QED) is 0.158. The van der Waals surface area contributed by atoms with Crippen molar-refractivity contribution in [1.29, 1.82) is 0 Å². The summed E-state index contributed by atoms with van der Waals surface area (Å²) >= 11 is 0. The molecule has 0 aliphatic carbocycles. The van der Waals surface area contributed by atoms with E-state index in [4.69, 9.17) is 26.5 Å². The van der Waals surface area contributed by atoms with Gasteiger partial charge in [-0.1, -0.05) is 267 Å². The molecule has 0 atom stereocenters. The lowest BCUT2D eigenvalue weighted by atomic mass is 10.00. The Bertz CT molecular complexity index is 9970. The number of aromatic nitrogens is 4. The molecule has 10 nitrogen and oxygen atoms in total. The number of hydrogen-bond acceptors (Lipinski definition) is 6. The normalized spacial score (nSPS) is 12.2. The molecule has 0 amide bonds. The fourth-order valence-electron chi connectivity index (χ4n) is 21.1. The Kier molecular flexibility index (Phi) is 15.4. The van der Waals surface area contributed by atoms with Crippen LogP contribution in [0.5, 0.6) is 0 Å². The van der Waals surface area contributed by atoms with E-state index in [1.165, 1.54) is 54.4 Å². The van der Waals surface area contributed by atoms with Crippen molar-refractivity contribution in [2.75, 3.05) is 0 Å². The van der Waals surface area contributed by atoms with Crippen molar-refractivity contribution in [2.45, 2.75) is 0 Å². The van der Waals surface area contributed by atoms with Gasteiger partial charge in [0, 0.05) is 143 Å². The molecule has 0 spiro atoms. The highest BCUT2D eigenvalue weighted by Crippen LogP contribution is 2.48. The van der Waals surface area contributed by atoms with Gasteiger partial charge in [0.2, 0.25) is 0 Å². The molecule has 10 heterocycles. The maximum atomic E-state index is 6.74. The first-order chi connectivity index (χ1) is 64.5. The third kappa shape index (κ3) is 10.8. The van der Waals surface area contributed by atoms with Crippen molar-refractivity contribution in [3.05, 3.63) is 425 Å². The van der Waals surface area contributed by atoms with Crippen LogP contribution in [0.25, 0.3) is 275 Å². The van der Waals surface area contributed by atoms with E-state index in [2.05, 4.69) is 376 Å². The summed E-state index contributed by atoms with van der Waals surface area (Å²) in [6, 6.07) is 150. The fraction of sp³-hybridized carbons (Fsp3) is 0. The van der Waals surface area contributed by atoms with Crippen molar-refractivity contribution in [3.8, 4) is 56.1 Å². The molecule has 606 valence electrons. The van der Waals surface area contributed by atoms with Crippen molar-refractivity contribution >= 4 is 219 Å². The summed E-state index contributed by atoms with van der Waals surface area (Å²) in [5.41, 5.74) is 31.2. The van der Waals surface area contributed by atoms with Gasteiger partial charge in [-0.15, -0.1) is 0 Å². The number of fused-ring (bicyclic) bond motifs is 31. The maximum Gasteiger partial charge on any atom is 0.159 e. The first-order valence-corrected chi connectivity index (χ1v) is 44.1. The molecule has 20 aromatic carbocycles. The van der Waals surface area contributed by atoms with Gasteiger partial charge in [-0.2, -0.15) is 0 Å². The van der Waals surface area contributed by atoms with E-state index >= 15 is 0 Å². The summed E-state index contributed by atoms with van der Waals surface area (Å²) in [4.78, 5) is 0. The van der Waals surface area contributed by atoms with Gasteiger partial charge in [0.25, 0.3) is 0 Å². The summed E-state index contributed by atoms with van der Waals surface area (Å²) in [5, 5.41) is 23.3. The van der Waals surface area contributed by atoms with Crippen LogP contribution in [0, 0.1) is 0 Å². The zero-order chi connectivity index (χ0) is 84.9. The molecule has 10 heteroatoms. The van der Waals surface area contributed by atoms with Gasteiger partial charge >= 0.3 is 0 Å². The van der Waals surface area contributed by atoms with Gasteiger partial charge in [0.1, 0.15) is 61.4 Å². The van der Waals surface area contributed by atoms with E-state index in [1.54, 1.807) is 0 Å². The first-order valence-electron chi connectivity index (χ1n) is 44.1. The zero-order valence-corrected chi connectivity index (χ0v) is 69.7. The molecule has 0 aliphatic rings. The van der Waals surface area contributed by atoms with Crippen LogP contribution in [-0.4, -0.2) is 18.3 Å². The van der Waals surface area contributed by atoms with Gasteiger partial charge in [0.15, 0.2) is 5.58 Å². The van der Waals surface area contributed by atoms with E-state index in [0.29, 0.717) is 0 Å². The molecule has 0 unspecified atom stereocenters. The van der Waals surface area contributed by atoms with E-state index in [-0.39, 0.29) is 0 Å². The Morgan fingerprint density at radius 1 is 0.138 bits per heavy atom. The average molecular weight is 1660 g/mol. The van der Waals surface area contributed by atoms with Crippen molar-refractivity contribution < 1.29 is 26.5 Å². The van der Waals surface area contributed by atoms with Crippen LogP contribution in [0.1, 0.15) is 0 Å². The monoisotopic (exact) mass is 1660 g/mol. The maximum absolute atomic E-state index is 6.74. The lowest BCUT2D eigenvalue weighted by Crippen LogP contribution is -1.94. The summed E-state index contributed by atoms with van der Waals surface area (Å²) in [7, 11) is 0. The molecule has 30 rings (SSSR count). The third-order valence-corrected chi connectivity index (χ3v) is 26.9. The Hall–Kier alpha value is -17.6. The topological polar surface area (TPSA) is 98.6 Å². The average Bonchev–Trinajstić information content (AvgIpc) is 1.56. The smallest absolute Gasteiger partial charge is 0.159 e. The molecule has 10 aromatic heterocycles. The van der Waals surface area contributed by atoms with Crippen LogP contribution < -0.4 is 0 Å². The van der Waals surface area contributed by atoms with E-state index < -0.39 is 0 Å². The number of nitrogens with zero attached hydrogens (tertiary/aromatic N) is 4. The Labute approximate surface area is 739 Å². The van der Waals surface area contributed by atoms with Crippen LogP contribution in [-0.2, 0) is 0 Å². The minimum absolute atomic E-state index is 0.893. The molecule has 0 N–H and O–H groups in total. The number of hydrogen-bond donors (Lipinski definition) is 0. The molecule has 30 aromatic rings. The standard InChI is InChI=1S/C54H32N2O2.C36H21NO2.C30H17NO2/c1-2-11-36(12-3-1)55-46-18-7-4-13-39(46)44-31-34(23-28-47(44)55)35-24-29-48-45(32-35)52-49(30-27-43-41-15-6-9-20-51(41)58-54(43)52)56(48)37-25-21-33(22-26-37)38-16-10-17-42-40-14-5-8-19-50(40)57-53(38)42;1-4-13-31-25(8-1)29-20-30-27-10-3-5-14-33(27)38-35(30)21-32(29)37(31)23-18-16-22(17-19-23)24-11-7-12-28-26-9-2-6-15-34(26)39-36(24)28;1-4-12-24-18(8-1)22-16-23-20-10-3-5-14-27(20)32-29(23)17-26(22)31(24)25-13-7-11-21-19-9-2-6-15-28(19)33-30(21)25/h1-32H;1-21H;1-17H. The number of benzene rings is 20. The molecule has 0 fully saturated rings. The molecule has 0 aliphatic heterocycles. The van der Waals surface area contributed by atoms with Gasteiger partial charge in [-0.25, -0.2) is 0 Å². The highest BCUT2D eigenvalue weighted by atomic mass is 16.3. The number of rotatable bonds is 7. The van der Waals surface area contributed by atoms with E-state index in [0.717, 1.165) is 221 Å². The van der Waals surface area contributed by atoms with Crippen molar-refractivity contribution in [3.63, 3.8) is 0 Å². The molecule has 0 radical (unpaired) electrons. The minimum Gasteiger partial charge on any atom is -0.456 e. The SMILES string of the molecule is c1ccc(-n2c3ccccc3c3cc(-c4ccc5c(c4)c4c6oc7ccccc7c6ccc4n5-c4ccc(-c5cccc6c5oc5ccccc56)cc4)ccc32)cc1.c1ccc2c(c1)oc1cc3c(cc12)c1ccccc1n3-c1ccc(-c2cccc3c2oc2ccccc23)cc1.c1ccc2c(c1)oc1cc3c(cc12)c1ccccc1n3-c1cccc2c1oc1ccccc12. The van der Waals surface area contributed by atoms with Crippen molar-refractivity contribution in [1.82, 2.24) is 18.3 Å². The number of para-hydroxylation sites is 13. The second-order valence-electron chi connectivity index (χ2n) is 34.0. The van der Waals surface area contributed by atoms with Crippen LogP contribution in [0.2, 0.25) is 0 Å². The minimum atomic E-state index is 0.893. The molecular weight excluding hydrogens is 1590 g/mol. The van der Waals surface area contributed by atoms with Crippen LogP contribution in [0.4, 0.5) is 0 Å². The Balaban J connectivity index is 0.000000103. The van der Waals surface area contributed by atoms with Gasteiger partial charge in [-0.3, -0.25) is 0 Å². The third-order valence-electron chi connectivity index (χ3n) is 26.9. The number of furan rings is 6.